The van der Waals surface area contributed by atoms with Gasteiger partial charge < -0.3 is 10.3 Å². The average molecular weight is 313 g/mol. The topological polar surface area (TPSA) is 65.2 Å². The smallest absolute Gasteiger partial charge is 0.224 e. The van der Waals surface area contributed by atoms with E-state index in [0.29, 0.717) is 13.1 Å². The number of hydrogen-bond acceptors (Lipinski definition) is 3. The molecule has 1 saturated heterocycles. The van der Waals surface area contributed by atoms with Crippen molar-refractivity contribution in [3.05, 3.63) is 45.7 Å². The maximum Gasteiger partial charge on any atom is 0.224 e. The minimum Gasteiger partial charge on any atom is -0.357 e. The fraction of sp³-hybridized carbons (Fsp3) is 0.444. The highest BCUT2D eigenvalue weighted by molar-refractivity contribution is 5.79. The van der Waals surface area contributed by atoms with Crippen molar-refractivity contribution in [2.75, 3.05) is 19.6 Å². The summed E-state index contributed by atoms with van der Waals surface area (Å²) in [5.74, 6) is 0.197. The summed E-state index contributed by atoms with van der Waals surface area (Å²) >= 11 is 0. The molecule has 122 valence electrons. The zero-order chi connectivity index (χ0) is 16.4. The lowest BCUT2D eigenvalue weighted by Crippen LogP contribution is -2.32. The molecule has 1 aromatic heterocycles. The van der Waals surface area contributed by atoms with Gasteiger partial charge in [0, 0.05) is 42.3 Å². The first-order chi connectivity index (χ1) is 11.1. The molecule has 1 aliphatic heterocycles. The first-order valence-corrected chi connectivity index (χ1v) is 8.19. The minimum absolute atomic E-state index is 0.0527. The second-order valence-corrected chi connectivity index (χ2v) is 6.32. The number of rotatable bonds is 4. The second-order valence-electron chi connectivity index (χ2n) is 6.32. The van der Waals surface area contributed by atoms with Gasteiger partial charge in [-0.3, -0.25) is 14.5 Å². The fourth-order valence-electron chi connectivity index (χ4n) is 3.25. The summed E-state index contributed by atoms with van der Waals surface area (Å²) < 4.78 is 0. The summed E-state index contributed by atoms with van der Waals surface area (Å²) in [6.45, 7) is 6.90. The Balaban J connectivity index is 1.74. The Bertz CT molecular complexity index is 781. The van der Waals surface area contributed by atoms with E-state index in [4.69, 9.17) is 0 Å². The molecule has 5 nitrogen and oxygen atoms in total. The lowest BCUT2D eigenvalue weighted by Gasteiger charge is -2.16. The van der Waals surface area contributed by atoms with Crippen LogP contribution in [0.3, 0.4) is 0 Å². The molecular weight excluding hydrogens is 290 g/mol. The van der Waals surface area contributed by atoms with Crippen molar-refractivity contribution >= 4 is 16.8 Å². The predicted molar refractivity (Wildman–Crippen MR) is 91.4 cm³/mol. The molecule has 1 aliphatic rings. The lowest BCUT2D eigenvalue weighted by atomic mass is 10.1. The van der Waals surface area contributed by atoms with Crippen molar-refractivity contribution < 1.29 is 4.79 Å². The molecular formula is C18H23N3O2. The number of hydrogen-bond donors (Lipinski definition) is 2. The summed E-state index contributed by atoms with van der Waals surface area (Å²) in [6.07, 6.45) is 0.878. The van der Waals surface area contributed by atoms with Crippen LogP contribution < -0.4 is 10.7 Å². The molecule has 1 atom stereocenters. The molecule has 23 heavy (non-hydrogen) atoms. The average Bonchev–Trinajstić information content (AvgIpc) is 2.97. The van der Waals surface area contributed by atoms with Gasteiger partial charge in [0.25, 0.3) is 0 Å². The summed E-state index contributed by atoms with van der Waals surface area (Å²) in [7, 11) is 0. The summed E-state index contributed by atoms with van der Waals surface area (Å²) in [5.41, 5.74) is 2.91. The molecule has 5 heteroatoms. The highest BCUT2D eigenvalue weighted by Gasteiger charge is 2.27. The monoisotopic (exact) mass is 313 g/mol. The summed E-state index contributed by atoms with van der Waals surface area (Å²) in [5, 5.41) is 3.62. The van der Waals surface area contributed by atoms with Gasteiger partial charge in [-0.15, -0.1) is 0 Å². The van der Waals surface area contributed by atoms with E-state index in [0.717, 1.165) is 41.7 Å². The van der Waals surface area contributed by atoms with Gasteiger partial charge >= 0.3 is 0 Å². The van der Waals surface area contributed by atoms with Crippen LogP contribution in [0.15, 0.2) is 29.1 Å². The van der Waals surface area contributed by atoms with Crippen molar-refractivity contribution in [3.8, 4) is 0 Å². The molecule has 0 radical (unpaired) electrons. The van der Waals surface area contributed by atoms with Crippen LogP contribution in [0, 0.1) is 12.8 Å². The van der Waals surface area contributed by atoms with Crippen LogP contribution >= 0.6 is 0 Å². The third kappa shape index (κ3) is 3.45. The highest BCUT2D eigenvalue weighted by atomic mass is 16.2. The quantitative estimate of drug-likeness (QED) is 0.904. The maximum atomic E-state index is 12.3. The number of H-pyrrole nitrogens is 1. The third-order valence-corrected chi connectivity index (χ3v) is 4.43. The summed E-state index contributed by atoms with van der Waals surface area (Å²) in [6, 6.07) is 7.56. The van der Waals surface area contributed by atoms with Crippen molar-refractivity contribution in [1.82, 2.24) is 15.2 Å². The number of aryl methyl sites for hydroxylation is 1. The Morgan fingerprint density at radius 3 is 3.00 bits per heavy atom. The molecule has 1 fully saturated rings. The molecule has 0 saturated carbocycles. The van der Waals surface area contributed by atoms with Gasteiger partial charge in [0.2, 0.25) is 5.91 Å². The number of aromatic nitrogens is 1. The number of benzene rings is 1. The van der Waals surface area contributed by atoms with Crippen molar-refractivity contribution in [3.63, 3.8) is 0 Å². The highest BCUT2D eigenvalue weighted by Crippen LogP contribution is 2.19. The molecule has 2 N–H and O–H groups in total. The number of likely N-dealkylation sites (tertiary alicyclic amines) is 1. The van der Waals surface area contributed by atoms with Gasteiger partial charge in [-0.1, -0.05) is 11.6 Å². The van der Waals surface area contributed by atoms with Crippen LogP contribution in [0.2, 0.25) is 0 Å². The number of carbonyl (C=O) groups is 1. The van der Waals surface area contributed by atoms with Crippen molar-refractivity contribution in [2.24, 2.45) is 5.92 Å². The Hall–Kier alpha value is -2.14. The molecule has 0 unspecified atom stereocenters. The molecule has 2 heterocycles. The molecule has 1 amide bonds. The standard InChI is InChI=1S/C18H23N3O2/c1-3-19-18(23)13-6-7-21(10-13)11-14-9-17(22)15-8-12(2)4-5-16(15)20-14/h4-5,8-9,13H,3,6-7,10-11H2,1-2H3,(H,19,23)(H,20,22)/t13-/m0/s1. The maximum absolute atomic E-state index is 12.3. The molecule has 0 spiro atoms. The third-order valence-electron chi connectivity index (χ3n) is 4.43. The first-order valence-electron chi connectivity index (χ1n) is 8.19. The van der Waals surface area contributed by atoms with E-state index in [1.807, 2.05) is 32.0 Å². The van der Waals surface area contributed by atoms with E-state index < -0.39 is 0 Å². The largest absolute Gasteiger partial charge is 0.357 e. The predicted octanol–water partition coefficient (Wildman–Crippen LogP) is 1.79. The van der Waals surface area contributed by atoms with Crippen molar-refractivity contribution in [1.29, 1.82) is 0 Å². The SMILES string of the molecule is CCNC(=O)[C@H]1CCN(Cc2cc(=O)c3cc(C)ccc3[nH]2)C1. The second kappa shape index (κ2) is 6.54. The Labute approximate surface area is 135 Å². The van der Waals surface area contributed by atoms with E-state index in [2.05, 4.69) is 15.2 Å². The zero-order valence-electron chi connectivity index (χ0n) is 13.7. The van der Waals surface area contributed by atoms with Crippen LogP contribution in [0.1, 0.15) is 24.6 Å². The number of carbonyl (C=O) groups excluding carboxylic acids is 1. The van der Waals surface area contributed by atoms with Gasteiger partial charge in [0.15, 0.2) is 5.43 Å². The normalized spacial score (nSPS) is 18.4. The van der Waals surface area contributed by atoms with E-state index >= 15 is 0 Å². The van der Waals surface area contributed by atoms with Crippen molar-refractivity contribution in [2.45, 2.75) is 26.8 Å². The number of amides is 1. The first kappa shape index (κ1) is 15.7. The van der Waals surface area contributed by atoms with E-state index in [-0.39, 0.29) is 17.3 Å². The fourth-order valence-corrected chi connectivity index (χ4v) is 3.25. The van der Waals surface area contributed by atoms with Crippen LogP contribution in [0.4, 0.5) is 0 Å². The van der Waals surface area contributed by atoms with Crippen LogP contribution in [0.5, 0.6) is 0 Å². The Morgan fingerprint density at radius 1 is 1.39 bits per heavy atom. The van der Waals surface area contributed by atoms with Crippen LogP contribution in [-0.4, -0.2) is 35.4 Å². The molecule has 0 aliphatic carbocycles. The molecule has 2 aromatic rings. The van der Waals surface area contributed by atoms with Gasteiger partial charge in [0.05, 0.1) is 5.92 Å². The van der Waals surface area contributed by atoms with E-state index in [1.54, 1.807) is 6.07 Å². The molecule has 3 rings (SSSR count). The number of aromatic amines is 1. The van der Waals surface area contributed by atoms with Gasteiger partial charge in [-0.05, 0) is 38.9 Å². The lowest BCUT2D eigenvalue weighted by molar-refractivity contribution is -0.124. The van der Waals surface area contributed by atoms with Crippen LogP contribution in [-0.2, 0) is 11.3 Å². The number of fused-ring (bicyclic) bond motifs is 1. The molecule has 0 bridgehead atoms. The Kier molecular flexibility index (Phi) is 4.48. The number of nitrogens with zero attached hydrogens (tertiary/aromatic N) is 1. The molecule has 1 aromatic carbocycles. The summed E-state index contributed by atoms with van der Waals surface area (Å²) in [4.78, 5) is 29.8. The number of nitrogens with one attached hydrogen (secondary N) is 2. The van der Waals surface area contributed by atoms with Crippen LogP contribution in [0.25, 0.3) is 10.9 Å². The minimum atomic E-state index is 0.0527. The zero-order valence-corrected chi connectivity index (χ0v) is 13.7. The van der Waals surface area contributed by atoms with Gasteiger partial charge in [-0.2, -0.15) is 0 Å². The van der Waals surface area contributed by atoms with Gasteiger partial charge in [-0.25, -0.2) is 0 Å². The number of pyridine rings is 1. The van der Waals surface area contributed by atoms with Gasteiger partial charge in [0.1, 0.15) is 0 Å². The Morgan fingerprint density at radius 2 is 2.22 bits per heavy atom. The van der Waals surface area contributed by atoms with E-state index in [9.17, 15) is 9.59 Å². The van der Waals surface area contributed by atoms with E-state index in [1.165, 1.54) is 0 Å².